The number of likely N-dealkylation sites (N-methyl/N-ethyl adjacent to an activating group) is 1. The minimum atomic E-state index is -0.730. The number of fused-ring (bicyclic) bond motifs is 2. The van der Waals surface area contributed by atoms with Crippen LogP contribution < -0.4 is 16.2 Å². The predicted octanol–water partition coefficient (Wildman–Crippen LogP) is 0.815. The van der Waals surface area contributed by atoms with Crippen molar-refractivity contribution in [2.45, 2.75) is 38.6 Å². The minimum absolute atomic E-state index is 0.0867. The first-order valence-electron chi connectivity index (χ1n) is 11.5. The van der Waals surface area contributed by atoms with Crippen LogP contribution in [0.2, 0.25) is 0 Å². The van der Waals surface area contributed by atoms with Gasteiger partial charge in [0, 0.05) is 51.4 Å². The average molecular weight is 441 g/mol. The third-order valence-corrected chi connectivity index (χ3v) is 6.31. The molecule has 1 aromatic carbocycles. The molecule has 0 saturated carbocycles. The summed E-state index contributed by atoms with van der Waals surface area (Å²) in [6, 6.07) is 5.02. The Labute approximate surface area is 187 Å². The maximum Gasteiger partial charge on any atom is 0.313 e. The van der Waals surface area contributed by atoms with E-state index in [2.05, 4.69) is 32.5 Å². The van der Waals surface area contributed by atoms with Gasteiger partial charge in [-0.05, 0) is 51.1 Å². The number of carbonyl (C=O) groups is 2. The molecule has 4 rings (SSSR count). The Morgan fingerprint density at radius 2 is 1.84 bits per heavy atom. The summed E-state index contributed by atoms with van der Waals surface area (Å²) in [4.78, 5) is 46.8. The standard InChI is InChI=1S/C23H32N6O3/c1-27-12-14-28(15-13-27)10-5-9-24-21(30)22(31)25-17-7-8-19-18(16-17)23(32)29-11-4-2-3-6-20(29)26-19/h7-8,16H,2-6,9-15H2,1H3,(H,24,30)(H,25,31). The summed E-state index contributed by atoms with van der Waals surface area (Å²) in [6.07, 6.45) is 4.69. The van der Waals surface area contributed by atoms with Crippen LogP contribution in [-0.4, -0.2) is 77.5 Å². The molecule has 2 amide bonds. The number of amides is 2. The lowest BCUT2D eigenvalue weighted by molar-refractivity contribution is -0.136. The second-order valence-electron chi connectivity index (χ2n) is 8.74. The number of piperazine rings is 1. The molecule has 0 radical (unpaired) electrons. The summed E-state index contributed by atoms with van der Waals surface area (Å²) < 4.78 is 1.74. The molecular formula is C23H32N6O3. The zero-order valence-corrected chi connectivity index (χ0v) is 18.7. The van der Waals surface area contributed by atoms with Crippen LogP contribution in [-0.2, 0) is 22.6 Å². The summed E-state index contributed by atoms with van der Waals surface area (Å²) in [5.74, 6) is -0.570. The number of rotatable bonds is 5. The molecule has 172 valence electrons. The van der Waals surface area contributed by atoms with Crippen molar-refractivity contribution in [2.24, 2.45) is 0 Å². The van der Waals surface area contributed by atoms with Gasteiger partial charge in [0.05, 0.1) is 10.9 Å². The zero-order chi connectivity index (χ0) is 22.5. The van der Waals surface area contributed by atoms with E-state index in [9.17, 15) is 14.4 Å². The maximum atomic E-state index is 12.9. The molecule has 3 heterocycles. The van der Waals surface area contributed by atoms with Crippen LogP contribution in [0.25, 0.3) is 10.9 Å². The smallest absolute Gasteiger partial charge is 0.313 e. The van der Waals surface area contributed by atoms with Crippen molar-refractivity contribution in [3.63, 3.8) is 0 Å². The Kier molecular flexibility index (Phi) is 7.16. The molecule has 0 spiro atoms. The Hall–Kier alpha value is -2.78. The van der Waals surface area contributed by atoms with Crippen molar-refractivity contribution in [3.05, 3.63) is 34.4 Å². The van der Waals surface area contributed by atoms with Crippen LogP contribution in [0.4, 0.5) is 5.69 Å². The number of nitrogens with one attached hydrogen (secondary N) is 2. The number of hydrogen-bond donors (Lipinski definition) is 2. The molecule has 1 saturated heterocycles. The van der Waals surface area contributed by atoms with Crippen molar-refractivity contribution in [2.75, 3.05) is 51.6 Å². The maximum absolute atomic E-state index is 12.9. The molecule has 2 aliphatic rings. The molecule has 2 N–H and O–H groups in total. The topological polar surface area (TPSA) is 99.6 Å². The Bertz CT molecular complexity index is 1040. The van der Waals surface area contributed by atoms with E-state index in [1.54, 1.807) is 22.8 Å². The lowest BCUT2D eigenvalue weighted by atomic mass is 10.2. The molecule has 0 bridgehead atoms. The number of anilines is 1. The van der Waals surface area contributed by atoms with Crippen LogP contribution in [0.5, 0.6) is 0 Å². The molecule has 2 aliphatic heterocycles. The fraction of sp³-hybridized carbons (Fsp3) is 0.565. The lowest BCUT2D eigenvalue weighted by Gasteiger charge is -2.32. The first-order valence-corrected chi connectivity index (χ1v) is 11.5. The van der Waals surface area contributed by atoms with Crippen molar-refractivity contribution >= 4 is 28.4 Å². The van der Waals surface area contributed by atoms with Crippen molar-refractivity contribution in [1.29, 1.82) is 0 Å². The fourth-order valence-electron chi connectivity index (χ4n) is 4.34. The summed E-state index contributed by atoms with van der Waals surface area (Å²) in [5.41, 5.74) is 0.953. The zero-order valence-electron chi connectivity index (χ0n) is 18.7. The van der Waals surface area contributed by atoms with Gasteiger partial charge >= 0.3 is 11.8 Å². The molecule has 32 heavy (non-hydrogen) atoms. The Morgan fingerprint density at radius 3 is 2.66 bits per heavy atom. The van der Waals surface area contributed by atoms with E-state index in [-0.39, 0.29) is 5.56 Å². The van der Waals surface area contributed by atoms with Gasteiger partial charge in [-0.25, -0.2) is 4.98 Å². The second-order valence-corrected chi connectivity index (χ2v) is 8.74. The van der Waals surface area contributed by atoms with E-state index in [1.807, 2.05) is 0 Å². The number of aromatic nitrogens is 2. The average Bonchev–Trinajstić information content (AvgIpc) is 3.04. The van der Waals surface area contributed by atoms with Gasteiger partial charge in [-0.15, -0.1) is 0 Å². The molecule has 2 aromatic rings. The molecule has 1 fully saturated rings. The molecule has 1 aromatic heterocycles. The Morgan fingerprint density at radius 1 is 1.03 bits per heavy atom. The first-order chi connectivity index (χ1) is 15.5. The summed E-state index contributed by atoms with van der Waals surface area (Å²) in [6.45, 7) is 6.21. The van der Waals surface area contributed by atoms with Crippen molar-refractivity contribution in [3.8, 4) is 0 Å². The highest BCUT2D eigenvalue weighted by Gasteiger charge is 2.17. The van der Waals surface area contributed by atoms with Gasteiger partial charge in [-0.2, -0.15) is 0 Å². The van der Waals surface area contributed by atoms with E-state index >= 15 is 0 Å². The molecule has 9 heteroatoms. The highest BCUT2D eigenvalue weighted by Crippen LogP contribution is 2.18. The van der Waals surface area contributed by atoms with Crippen LogP contribution in [0.1, 0.15) is 31.5 Å². The quantitative estimate of drug-likeness (QED) is 0.527. The highest BCUT2D eigenvalue weighted by atomic mass is 16.2. The minimum Gasteiger partial charge on any atom is -0.348 e. The number of aryl methyl sites for hydroxylation is 1. The summed E-state index contributed by atoms with van der Waals surface area (Å²) >= 11 is 0. The third-order valence-electron chi connectivity index (χ3n) is 6.31. The molecular weight excluding hydrogens is 408 g/mol. The molecule has 9 nitrogen and oxygen atoms in total. The van der Waals surface area contributed by atoms with Crippen LogP contribution in [0.3, 0.4) is 0 Å². The first kappa shape index (κ1) is 22.4. The fourth-order valence-corrected chi connectivity index (χ4v) is 4.34. The van der Waals surface area contributed by atoms with Gasteiger partial charge < -0.3 is 20.4 Å². The number of hydrogen-bond acceptors (Lipinski definition) is 6. The van der Waals surface area contributed by atoms with Crippen LogP contribution in [0, 0.1) is 0 Å². The summed E-state index contributed by atoms with van der Waals surface area (Å²) in [7, 11) is 2.12. The van der Waals surface area contributed by atoms with Gasteiger partial charge in [0.1, 0.15) is 5.82 Å². The van der Waals surface area contributed by atoms with Crippen molar-refractivity contribution in [1.82, 2.24) is 24.7 Å². The summed E-state index contributed by atoms with van der Waals surface area (Å²) in [5, 5.41) is 5.75. The lowest BCUT2D eigenvalue weighted by Crippen LogP contribution is -2.45. The number of benzene rings is 1. The van der Waals surface area contributed by atoms with Gasteiger partial charge in [0.25, 0.3) is 5.56 Å². The van der Waals surface area contributed by atoms with E-state index in [0.29, 0.717) is 29.7 Å². The van der Waals surface area contributed by atoms with Gasteiger partial charge in [0.2, 0.25) is 0 Å². The van der Waals surface area contributed by atoms with Crippen LogP contribution >= 0.6 is 0 Å². The SMILES string of the molecule is CN1CCN(CCCNC(=O)C(=O)Nc2ccc3nc4n(c(=O)c3c2)CCCCC4)CC1. The number of nitrogens with zero attached hydrogens (tertiary/aromatic N) is 4. The second kappa shape index (κ2) is 10.2. The molecule has 0 atom stereocenters. The predicted molar refractivity (Wildman–Crippen MR) is 124 cm³/mol. The van der Waals surface area contributed by atoms with E-state index in [0.717, 1.165) is 70.7 Å². The normalized spacial score (nSPS) is 17.5. The van der Waals surface area contributed by atoms with Crippen molar-refractivity contribution < 1.29 is 9.59 Å². The van der Waals surface area contributed by atoms with E-state index in [4.69, 9.17) is 0 Å². The largest absolute Gasteiger partial charge is 0.348 e. The monoisotopic (exact) mass is 440 g/mol. The van der Waals surface area contributed by atoms with Gasteiger partial charge in [-0.1, -0.05) is 6.42 Å². The van der Waals surface area contributed by atoms with Crippen LogP contribution in [0.15, 0.2) is 23.0 Å². The van der Waals surface area contributed by atoms with E-state index < -0.39 is 11.8 Å². The highest BCUT2D eigenvalue weighted by molar-refractivity contribution is 6.39. The Balaban J connectivity index is 1.32. The van der Waals surface area contributed by atoms with E-state index in [1.165, 1.54) is 0 Å². The molecule has 0 unspecified atom stereocenters. The van der Waals surface area contributed by atoms with Gasteiger partial charge in [0.15, 0.2) is 0 Å². The van der Waals surface area contributed by atoms with Gasteiger partial charge in [-0.3, -0.25) is 19.0 Å². The third kappa shape index (κ3) is 5.34. The molecule has 0 aliphatic carbocycles. The number of carbonyl (C=O) groups excluding carboxylic acids is 2.